The number of aromatic nitrogens is 1. The second-order valence-electron chi connectivity index (χ2n) is 5.48. The molecule has 28 heavy (non-hydrogen) atoms. The Morgan fingerprint density at radius 3 is 2.43 bits per heavy atom. The molecule has 144 valence electrons. The van der Waals surface area contributed by atoms with Crippen molar-refractivity contribution in [2.45, 2.75) is 6.18 Å². The fourth-order valence-corrected chi connectivity index (χ4v) is 3.06. The third-order valence-corrected chi connectivity index (χ3v) is 4.50. The number of halogens is 3. The molecule has 2 aromatic carbocycles. The van der Waals surface area contributed by atoms with Gasteiger partial charge in [-0.25, -0.2) is 9.78 Å². The molecule has 0 spiro atoms. The Hall–Kier alpha value is -3.40. The SMILES string of the molecule is NC(=O)Oc1ccc(C(=O)Nc2ncc(C(F)(F)F)s2)c(-c2ccccc2)c1. The van der Waals surface area contributed by atoms with E-state index in [9.17, 15) is 22.8 Å². The number of benzene rings is 2. The highest BCUT2D eigenvalue weighted by Gasteiger charge is 2.33. The van der Waals surface area contributed by atoms with Crippen LogP contribution in [0.4, 0.5) is 23.1 Å². The second-order valence-corrected chi connectivity index (χ2v) is 6.51. The van der Waals surface area contributed by atoms with Gasteiger partial charge in [-0.05, 0) is 29.3 Å². The summed E-state index contributed by atoms with van der Waals surface area (Å²) in [5, 5.41) is 2.17. The highest BCUT2D eigenvalue weighted by atomic mass is 32.1. The Labute approximate surface area is 160 Å². The maximum Gasteiger partial charge on any atom is 0.427 e. The zero-order chi connectivity index (χ0) is 20.3. The van der Waals surface area contributed by atoms with Gasteiger partial charge >= 0.3 is 12.3 Å². The molecule has 0 aliphatic carbocycles. The minimum absolute atomic E-state index is 0.122. The Morgan fingerprint density at radius 1 is 1.11 bits per heavy atom. The highest BCUT2D eigenvalue weighted by Crippen LogP contribution is 2.35. The standard InChI is InChI=1S/C18H12F3N3O3S/c19-18(20,21)14-9-23-17(28-14)24-15(25)12-7-6-11(27-16(22)26)8-13(12)10-4-2-1-3-5-10/h1-9H,(H2,22,26)(H,23,24,25). The van der Waals surface area contributed by atoms with Gasteiger partial charge in [-0.2, -0.15) is 13.2 Å². The van der Waals surface area contributed by atoms with Crippen LogP contribution < -0.4 is 15.8 Å². The van der Waals surface area contributed by atoms with Crippen LogP contribution in [0.1, 0.15) is 15.2 Å². The molecule has 0 aliphatic rings. The molecule has 0 saturated heterocycles. The lowest BCUT2D eigenvalue weighted by Crippen LogP contribution is -2.17. The van der Waals surface area contributed by atoms with E-state index in [1.165, 1.54) is 18.2 Å². The summed E-state index contributed by atoms with van der Waals surface area (Å²) in [5.41, 5.74) is 6.21. The molecular weight excluding hydrogens is 395 g/mol. The van der Waals surface area contributed by atoms with E-state index in [-0.39, 0.29) is 16.4 Å². The van der Waals surface area contributed by atoms with Crippen LogP contribution in [0.2, 0.25) is 0 Å². The van der Waals surface area contributed by atoms with Crippen LogP contribution in [-0.4, -0.2) is 17.0 Å². The quantitative estimate of drug-likeness (QED) is 0.664. The summed E-state index contributed by atoms with van der Waals surface area (Å²) < 4.78 is 42.9. The Bertz CT molecular complexity index is 1020. The van der Waals surface area contributed by atoms with Gasteiger partial charge in [0.15, 0.2) is 5.13 Å². The number of hydrogen-bond acceptors (Lipinski definition) is 5. The number of rotatable bonds is 4. The molecule has 0 unspecified atom stereocenters. The maximum atomic E-state index is 12.7. The van der Waals surface area contributed by atoms with E-state index in [1.54, 1.807) is 30.3 Å². The number of primary amides is 1. The molecule has 0 saturated carbocycles. The summed E-state index contributed by atoms with van der Waals surface area (Å²) >= 11 is 0.322. The molecule has 2 amide bonds. The van der Waals surface area contributed by atoms with Crippen LogP contribution in [0.15, 0.2) is 54.7 Å². The van der Waals surface area contributed by atoms with Crippen LogP contribution in [0, 0.1) is 0 Å². The van der Waals surface area contributed by atoms with Crippen molar-refractivity contribution in [2.75, 3.05) is 5.32 Å². The van der Waals surface area contributed by atoms with E-state index in [1.807, 2.05) is 0 Å². The number of carbonyl (C=O) groups is 2. The van der Waals surface area contributed by atoms with Gasteiger partial charge in [0, 0.05) is 5.56 Å². The first-order valence-electron chi connectivity index (χ1n) is 7.75. The molecule has 3 aromatic rings. The monoisotopic (exact) mass is 407 g/mol. The number of hydrogen-bond donors (Lipinski definition) is 2. The zero-order valence-corrected chi connectivity index (χ0v) is 14.8. The molecule has 1 heterocycles. The number of nitrogens with two attached hydrogens (primary N) is 1. The van der Waals surface area contributed by atoms with Crippen molar-refractivity contribution in [3.8, 4) is 16.9 Å². The predicted molar refractivity (Wildman–Crippen MR) is 97.2 cm³/mol. The number of alkyl halides is 3. The van der Waals surface area contributed by atoms with Gasteiger partial charge < -0.3 is 10.5 Å². The lowest BCUT2D eigenvalue weighted by molar-refractivity contribution is -0.134. The first-order chi connectivity index (χ1) is 13.2. The molecule has 0 atom stereocenters. The number of thiazole rings is 1. The molecular formula is C18H12F3N3O3S. The van der Waals surface area contributed by atoms with Crippen LogP contribution >= 0.6 is 11.3 Å². The predicted octanol–water partition coefficient (Wildman–Crippen LogP) is 4.54. The molecule has 0 radical (unpaired) electrons. The van der Waals surface area contributed by atoms with Crippen LogP contribution in [0.5, 0.6) is 5.75 Å². The van der Waals surface area contributed by atoms with Gasteiger partial charge in [-0.3, -0.25) is 10.1 Å². The topological polar surface area (TPSA) is 94.3 Å². The van der Waals surface area contributed by atoms with Crippen molar-refractivity contribution in [3.63, 3.8) is 0 Å². The lowest BCUT2D eigenvalue weighted by Gasteiger charge is -2.11. The first-order valence-corrected chi connectivity index (χ1v) is 8.57. The zero-order valence-electron chi connectivity index (χ0n) is 14.0. The largest absolute Gasteiger partial charge is 0.427 e. The molecule has 0 aliphatic heterocycles. The molecule has 1 aromatic heterocycles. The fourth-order valence-electron chi connectivity index (χ4n) is 2.38. The van der Waals surface area contributed by atoms with Crippen LogP contribution in [0.3, 0.4) is 0 Å². The van der Waals surface area contributed by atoms with Crippen LogP contribution in [0.25, 0.3) is 11.1 Å². The smallest absolute Gasteiger partial charge is 0.410 e. The Morgan fingerprint density at radius 2 is 1.82 bits per heavy atom. The molecule has 0 fully saturated rings. The van der Waals surface area contributed by atoms with Gasteiger partial charge in [0.2, 0.25) is 0 Å². The van der Waals surface area contributed by atoms with E-state index >= 15 is 0 Å². The van der Waals surface area contributed by atoms with Gasteiger partial charge in [-0.1, -0.05) is 41.7 Å². The van der Waals surface area contributed by atoms with Crippen molar-refractivity contribution in [3.05, 3.63) is 65.2 Å². The van der Waals surface area contributed by atoms with Crippen molar-refractivity contribution >= 4 is 28.5 Å². The summed E-state index contributed by atoms with van der Waals surface area (Å²) in [4.78, 5) is 26.3. The minimum atomic E-state index is -4.54. The Kier molecular flexibility index (Phi) is 5.32. The second kappa shape index (κ2) is 7.69. The Balaban J connectivity index is 1.94. The van der Waals surface area contributed by atoms with Gasteiger partial charge in [0.1, 0.15) is 10.6 Å². The third-order valence-electron chi connectivity index (χ3n) is 3.54. The van der Waals surface area contributed by atoms with E-state index in [4.69, 9.17) is 10.5 Å². The summed E-state index contributed by atoms with van der Waals surface area (Å²) in [5.74, 6) is -0.538. The van der Waals surface area contributed by atoms with E-state index < -0.39 is 23.1 Å². The van der Waals surface area contributed by atoms with E-state index in [0.29, 0.717) is 28.7 Å². The summed E-state index contributed by atoms with van der Waals surface area (Å²) in [6.45, 7) is 0. The number of ether oxygens (including phenoxy) is 1. The molecule has 3 rings (SSSR count). The fraction of sp³-hybridized carbons (Fsp3) is 0.0556. The highest BCUT2D eigenvalue weighted by molar-refractivity contribution is 7.15. The molecule has 10 heteroatoms. The third kappa shape index (κ3) is 4.46. The van der Waals surface area contributed by atoms with Crippen LogP contribution in [-0.2, 0) is 6.18 Å². The lowest BCUT2D eigenvalue weighted by atomic mass is 9.99. The van der Waals surface area contributed by atoms with Crippen molar-refractivity contribution in [1.82, 2.24) is 4.98 Å². The average Bonchev–Trinajstić information content (AvgIpc) is 3.11. The van der Waals surface area contributed by atoms with E-state index in [2.05, 4.69) is 10.3 Å². The summed E-state index contributed by atoms with van der Waals surface area (Å²) in [6, 6.07) is 12.9. The maximum absolute atomic E-state index is 12.7. The summed E-state index contributed by atoms with van der Waals surface area (Å²) in [7, 11) is 0. The number of amides is 2. The van der Waals surface area contributed by atoms with Crippen molar-refractivity contribution in [1.29, 1.82) is 0 Å². The number of nitrogens with one attached hydrogen (secondary N) is 1. The van der Waals surface area contributed by atoms with E-state index in [0.717, 1.165) is 0 Å². The molecule has 0 bridgehead atoms. The number of anilines is 1. The first kappa shape index (κ1) is 19.4. The van der Waals surface area contributed by atoms with Gasteiger partial charge in [-0.15, -0.1) is 0 Å². The van der Waals surface area contributed by atoms with Crippen molar-refractivity contribution in [2.24, 2.45) is 5.73 Å². The molecule has 3 N–H and O–H groups in total. The normalized spacial score (nSPS) is 11.1. The van der Waals surface area contributed by atoms with Gasteiger partial charge in [0.25, 0.3) is 5.91 Å². The number of carbonyl (C=O) groups excluding carboxylic acids is 2. The minimum Gasteiger partial charge on any atom is -0.410 e. The van der Waals surface area contributed by atoms with Gasteiger partial charge in [0.05, 0.1) is 6.20 Å². The van der Waals surface area contributed by atoms with Crippen molar-refractivity contribution < 1.29 is 27.5 Å². The number of nitrogens with zero attached hydrogens (tertiary/aromatic N) is 1. The summed E-state index contributed by atoms with van der Waals surface area (Å²) in [6.07, 6.45) is -4.90. The average molecular weight is 407 g/mol. The molecule has 6 nitrogen and oxygen atoms in total.